The molecule has 0 bridgehead atoms. The summed E-state index contributed by atoms with van der Waals surface area (Å²) in [5, 5.41) is 11.6. The molecule has 1 aromatic rings. The number of hydrogen-bond donors (Lipinski definition) is 2. The molecule has 0 aromatic heterocycles. The molecule has 0 aliphatic rings. The Labute approximate surface area is 116 Å². The van der Waals surface area contributed by atoms with Crippen LogP contribution in [-0.2, 0) is 4.79 Å². The van der Waals surface area contributed by atoms with Crippen molar-refractivity contribution in [2.24, 2.45) is 0 Å². The summed E-state index contributed by atoms with van der Waals surface area (Å²) in [5.74, 6) is -0.465. The van der Waals surface area contributed by atoms with E-state index in [9.17, 15) is 9.59 Å². The number of aromatic carboxylic acids is 1. The summed E-state index contributed by atoms with van der Waals surface area (Å²) < 4.78 is 5.54. The Bertz CT molecular complexity index is 474. The second-order valence-corrected chi connectivity index (χ2v) is 5.03. The third-order valence-electron chi connectivity index (χ3n) is 2.14. The number of carbonyl (C=O) groups is 2. The lowest BCUT2D eigenvalue weighted by Crippen LogP contribution is -2.16. The largest absolute Gasteiger partial charge is 0.489 e. The molecule has 1 amide bonds. The van der Waals surface area contributed by atoms with E-state index in [4.69, 9.17) is 9.84 Å². The molecule has 0 radical (unpaired) electrons. The summed E-state index contributed by atoms with van der Waals surface area (Å²) in [4.78, 5) is 22.5. The predicted octanol–water partition coefficient (Wildman–Crippen LogP) is 2.47. The van der Waals surface area contributed by atoms with Crippen molar-refractivity contribution in [1.29, 1.82) is 0 Å². The zero-order valence-corrected chi connectivity index (χ0v) is 11.9. The van der Waals surface area contributed by atoms with Crippen LogP contribution in [0.1, 0.15) is 24.2 Å². The maximum absolute atomic E-state index is 11.6. The fourth-order valence-electron chi connectivity index (χ4n) is 1.43. The van der Waals surface area contributed by atoms with Crippen LogP contribution in [-0.4, -0.2) is 35.1 Å². The van der Waals surface area contributed by atoms with E-state index < -0.39 is 5.97 Å². The number of carboxylic acid groups (broad SMARTS) is 1. The van der Waals surface area contributed by atoms with Gasteiger partial charge in [-0.2, -0.15) is 11.8 Å². The van der Waals surface area contributed by atoms with E-state index in [0.29, 0.717) is 17.2 Å². The number of carboxylic acids is 1. The average molecular weight is 283 g/mol. The molecule has 2 N–H and O–H groups in total. The first-order valence-electron chi connectivity index (χ1n) is 5.76. The molecular weight excluding hydrogens is 266 g/mol. The maximum Gasteiger partial charge on any atom is 0.335 e. The van der Waals surface area contributed by atoms with Crippen LogP contribution in [0.5, 0.6) is 5.75 Å². The molecule has 5 nitrogen and oxygen atoms in total. The Balaban J connectivity index is 3.03. The topological polar surface area (TPSA) is 75.6 Å². The van der Waals surface area contributed by atoms with Crippen LogP contribution in [0.15, 0.2) is 18.2 Å². The molecule has 0 unspecified atom stereocenters. The fourth-order valence-corrected chi connectivity index (χ4v) is 1.77. The molecule has 1 aromatic carbocycles. The molecule has 0 heterocycles. The maximum atomic E-state index is 11.6. The van der Waals surface area contributed by atoms with Crippen LogP contribution < -0.4 is 10.1 Å². The molecule has 0 aliphatic heterocycles. The second-order valence-electron chi connectivity index (χ2n) is 4.16. The Kier molecular flexibility index (Phi) is 5.69. The highest BCUT2D eigenvalue weighted by molar-refractivity contribution is 7.99. The number of rotatable bonds is 6. The highest BCUT2D eigenvalue weighted by Crippen LogP contribution is 2.27. The Morgan fingerprint density at radius 1 is 1.42 bits per heavy atom. The molecule has 0 atom stereocenters. The van der Waals surface area contributed by atoms with E-state index in [1.165, 1.54) is 23.9 Å². The van der Waals surface area contributed by atoms with Gasteiger partial charge in [-0.15, -0.1) is 0 Å². The standard InChI is InChI=1S/C13H17NO4S/c1-8(2)18-11-5-4-9(13(16)17)6-10(11)14-12(15)7-19-3/h4-6,8H,7H2,1-3H3,(H,14,15)(H,16,17). The Hall–Kier alpha value is -1.69. The van der Waals surface area contributed by atoms with Gasteiger partial charge in [0.1, 0.15) is 5.75 Å². The quantitative estimate of drug-likeness (QED) is 0.838. The Morgan fingerprint density at radius 2 is 2.11 bits per heavy atom. The van der Waals surface area contributed by atoms with Crippen LogP contribution in [0, 0.1) is 0 Å². The third kappa shape index (κ3) is 4.82. The van der Waals surface area contributed by atoms with E-state index in [2.05, 4.69) is 5.32 Å². The number of amides is 1. The molecule has 19 heavy (non-hydrogen) atoms. The number of hydrogen-bond acceptors (Lipinski definition) is 4. The lowest BCUT2D eigenvalue weighted by atomic mass is 10.2. The van der Waals surface area contributed by atoms with Crippen molar-refractivity contribution in [2.45, 2.75) is 20.0 Å². The first-order chi connectivity index (χ1) is 8.93. The van der Waals surface area contributed by atoms with Gasteiger partial charge in [-0.25, -0.2) is 4.79 Å². The van der Waals surface area contributed by atoms with Crippen LogP contribution >= 0.6 is 11.8 Å². The lowest BCUT2D eigenvalue weighted by Gasteiger charge is -2.15. The molecule has 0 fully saturated rings. The summed E-state index contributed by atoms with van der Waals surface area (Å²) in [5.41, 5.74) is 0.489. The summed E-state index contributed by atoms with van der Waals surface area (Å²) in [6, 6.07) is 4.40. The molecule has 0 saturated carbocycles. The average Bonchev–Trinajstić information content (AvgIpc) is 2.30. The van der Waals surface area contributed by atoms with E-state index in [-0.39, 0.29) is 17.6 Å². The van der Waals surface area contributed by atoms with E-state index in [1.54, 1.807) is 6.07 Å². The first-order valence-corrected chi connectivity index (χ1v) is 7.16. The summed E-state index contributed by atoms with van der Waals surface area (Å²) >= 11 is 1.39. The minimum atomic E-state index is -1.04. The fraction of sp³-hybridized carbons (Fsp3) is 0.385. The molecule has 0 saturated heterocycles. The van der Waals surface area contributed by atoms with Crippen molar-refractivity contribution in [3.63, 3.8) is 0 Å². The number of thioether (sulfide) groups is 1. The van der Waals surface area contributed by atoms with Crippen molar-refractivity contribution in [1.82, 2.24) is 0 Å². The third-order valence-corrected chi connectivity index (χ3v) is 2.69. The minimum Gasteiger partial charge on any atom is -0.489 e. The molecule has 104 valence electrons. The number of ether oxygens (including phenoxy) is 1. The number of anilines is 1. The summed E-state index contributed by atoms with van der Waals surface area (Å²) in [7, 11) is 0. The van der Waals surface area contributed by atoms with Gasteiger partial charge >= 0.3 is 5.97 Å². The second kappa shape index (κ2) is 7.04. The highest BCUT2D eigenvalue weighted by atomic mass is 32.2. The minimum absolute atomic E-state index is 0.0631. The van der Waals surface area contributed by atoms with Crippen molar-refractivity contribution in [3.05, 3.63) is 23.8 Å². The van der Waals surface area contributed by atoms with Gasteiger partial charge < -0.3 is 15.2 Å². The first kappa shape index (κ1) is 15.4. The Morgan fingerprint density at radius 3 is 2.63 bits per heavy atom. The van der Waals surface area contributed by atoms with Gasteiger partial charge in [0.05, 0.1) is 23.1 Å². The van der Waals surface area contributed by atoms with Gasteiger partial charge in [0.2, 0.25) is 5.91 Å². The van der Waals surface area contributed by atoms with Crippen molar-refractivity contribution >= 4 is 29.3 Å². The van der Waals surface area contributed by atoms with Crippen LogP contribution in [0.4, 0.5) is 5.69 Å². The summed E-state index contributed by atoms with van der Waals surface area (Å²) in [6.45, 7) is 3.72. The van der Waals surface area contributed by atoms with Gasteiger partial charge in [-0.05, 0) is 38.3 Å². The predicted molar refractivity (Wildman–Crippen MR) is 76.2 cm³/mol. The van der Waals surface area contributed by atoms with Gasteiger partial charge in [-0.3, -0.25) is 4.79 Å². The van der Waals surface area contributed by atoms with Crippen molar-refractivity contribution < 1.29 is 19.4 Å². The number of nitrogens with one attached hydrogen (secondary N) is 1. The van der Waals surface area contributed by atoms with Gasteiger partial charge in [0.25, 0.3) is 0 Å². The zero-order valence-electron chi connectivity index (χ0n) is 11.1. The van der Waals surface area contributed by atoms with Crippen LogP contribution in [0.3, 0.4) is 0 Å². The zero-order chi connectivity index (χ0) is 14.4. The summed E-state index contributed by atoms with van der Waals surface area (Å²) in [6.07, 6.45) is 1.76. The van der Waals surface area contributed by atoms with Crippen molar-refractivity contribution in [3.8, 4) is 5.75 Å². The van der Waals surface area contributed by atoms with E-state index in [1.807, 2.05) is 20.1 Å². The van der Waals surface area contributed by atoms with Gasteiger partial charge in [-0.1, -0.05) is 0 Å². The van der Waals surface area contributed by atoms with Crippen LogP contribution in [0.25, 0.3) is 0 Å². The molecule has 6 heteroatoms. The normalized spacial score (nSPS) is 10.3. The molecular formula is C13H17NO4S. The lowest BCUT2D eigenvalue weighted by molar-refractivity contribution is -0.113. The monoisotopic (exact) mass is 283 g/mol. The molecule has 0 spiro atoms. The van der Waals surface area contributed by atoms with Crippen LogP contribution in [0.2, 0.25) is 0 Å². The number of carbonyl (C=O) groups excluding carboxylic acids is 1. The molecule has 1 rings (SSSR count). The van der Waals surface area contributed by atoms with Gasteiger partial charge in [0.15, 0.2) is 0 Å². The van der Waals surface area contributed by atoms with E-state index >= 15 is 0 Å². The highest BCUT2D eigenvalue weighted by Gasteiger charge is 2.12. The van der Waals surface area contributed by atoms with E-state index in [0.717, 1.165) is 0 Å². The van der Waals surface area contributed by atoms with Gasteiger partial charge in [0, 0.05) is 0 Å². The smallest absolute Gasteiger partial charge is 0.335 e. The SMILES string of the molecule is CSCC(=O)Nc1cc(C(=O)O)ccc1OC(C)C. The van der Waals surface area contributed by atoms with Crippen molar-refractivity contribution in [2.75, 3.05) is 17.3 Å². The molecule has 0 aliphatic carbocycles. The number of benzene rings is 1.